The van der Waals surface area contributed by atoms with E-state index in [1.54, 1.807) is 0 Å². The van der Waals surface area contributed by atoms with Gasteiger partial charge in [0.2, 0.25) is 0 Å². The van der Waals surface area contributed by atoms with Gasteiger partial charge in [0, 0.05) is 16.7 Å². The molecule has 1 saturated carbocycles. The highest BCUT2D eigenvalue weighted by Crippen LogP contribution is 2.44. The first-order valence-corrected chi connectivity index (χ1v) is 8.39. The van der Waals surface area contributed by atoms with Crippen LogP contribution < -0.4 is 5.32 Å². The second kappa shape index (κ2) is 4.70. The maximum Gasteiger partial charge on any atom is 0.261 e. The Labute approximate surface area is 121 Å². The Balaban J connectivity index is 2.34. The Morgan fingerprint density at radius 1 is 1.45 bits per heavy atom. The van der Waals surface area contributed by atoms with Crippen LogP contribution in [0.3, 0.4) is 0 Å². The van der Waals surface area contributed by atoms with Crippen molar-refractivity contribution in [2.75, 3.05) is 0 Å². The van der Waals surface area contributed by atoms with Gasteiger partial charge in [-0.1, -0.05) is 13.8 Å². The quantitative estimate of drug-likeness (QED) is 0.871. The van der Waals surface area contributed by atoms with Crippen LogP contribution in [0.4, 0.5) is 4.39 Å². The van der Waals surface area contributed by atoms with Crippen LogP contribution in [-0.4, -0.2) is 20.4 Å². The third-order valence-corrected chi connectivity index (χ3v) is 5.05. The second-order valence-corrected chi connectivity index (χ2v) is 8.29. The van der Waals surface area contributed by atoms with E-state index in [-0.39, 0.29) is 27.5 Å². The molecular weight excluding hydrogens is 305 g/mol. The first kappa shape index (κ1) is 15.3. The summed E-state index contributed by atoms with van der Waals surface area (Å²) in [6.45, 7) is 5.39. The van der Waals surface area contributed by atoms with Gasteiger partial charge in [-0.05, 0) is 36.5 Å². The number of nitrogens with one attached hydrogen (secondary N) is 1. The molecule has 1 atom stereocenters. The van der Waals surface area contributed by atoms with Crippen LogP contribution in [0.5, 0.6) is 0 Å². The van der Waals surface area contributed by atoms with E-state index in [4.69, 9.17) is 10.7 Å². The van der Waals surface area contributed by atoms with Crippen LogP contribution in [0.2, 0.25) is 0 Å². The van der Waals surface area contributed by atoms with Crippen LogP contribution in [0, 0.1) is 18.2 Å². The highest BCUT2D eigenvalue weighted by atomic mass is 35.7. The summed E-state index contributed by atoms with van der Waals surface area (Å²) in [5.74, 6) is -1.39. The Morgan fingerprint density at radius 2 is 2.00 bits per heavy atom. The zero-order chi connectivity index (χ0) is 15.3. The standard InChI is InChI=1S/C13H15ClFNO3S/c1-7-4-9(15)8(5-10(7)20(14,18)19)12(17)16-11-6-13(11,2)3/h4-5,11H,6H2,1-3H3,(H,16,17). The van der Waals surface area contributed by atoms with Gasteiger partial charge in [0.25, 0.3) is 15.0 Å². The lowest BCUT2D eigenvalue weighted by Gasteiger charge is -2.10. The minimum absolute atomic E-state index is 0.00176. The van der Waals surface area contributed by atoms with Gasteiger partial charge in [-0.2, -0.15) is 0 Å². The van der Waals surface area contributed by atoms with Crippen LogP contribution in [-0.2, 0) is 9.05 Å². The minimum Gasteiger partial charge on any atom is -0.349 e. The predicted octanol–water partition coefficient (Wildman–Crippen LogP) is 2.59. The molecule has 1 amide bonds. The maximum atomic E-state index is 13.8. The van der Waals surface area contributed by atoms with E-state index in [2.05, 4.69) is 5.32 Å². The molecule has 1 aliphatic carbocycles. The summed E-state index contributed by atoms with van der Waals surface area (Å²) < 4.78 is 36.6. The van der Waals surface area contributed by atoms with Gasteiger partial charge in [-0.3, -0.25) is 4.79 Å². The van der Waals surface area contributed by atoms with E-state index in [0.29, 0.717) is 0 Å². The summed E-state index contributed by atoms with van der Waals surface area (Å²) in [4.78, 5) is 11.8. The zero-order valence-electron chi connectivity index (χ0n) is 11.3. The maximum absolute atomic E-state index is 13.8. The molecule has 7 heteroatoms. The van der Waals surface area contributed by atoms with Gasteiger partial charge >= 0.3 is 0 Å². The van der Waals surface area contributed by atoms with Crippen molar-refractivity contribution >= 4 is 25.6 Å². The summed E-state index contributed by atoms with van der Waals surface area (Å²) in [7, 11) is 1.26. The van der Waals surface area contributed by atoms with E-state index in [0.717, 1.165) is 18.6 Å². The molecule has 0 aliphatic heterocycles. The fourth-order valence-corrected chi connectivity index (χ4v) is 3.24. The zero-order valence-corrected chi connectivity index (χ0v) is 12.9. The molecule has 1 aliphatic rings. The summed E-state index contributed by atoms with van der Waals surface area (Å²) in [6, 6.07) is 1.96. The average molecular weight is 320 g/mol. The molecule has 4 nitrogen and oxygen atoms in total. The number of rotatable bonds is 3. The Hall–Kier alpha value is -1.14. The van der Waals surface area contributed by atoms with E-state index in [1.807, 2.05) is 13.8 Å². The Bertz CT molecular complexity index is 685. The molecule has 0 saturated heterocycles. The first-order valence-electron chi connectivity index (χ1n) is 6.08. The van der Waals surface area contributed by atoms with Gasteiger partial charge in [0.15, 0.2) is 0 Å². The number of hydrogen-bond donors (Lipinski definition) is 1. The number of hydrogen-bond acceptors (Lipinski definition) is 3. The molecule has 1 aromatic rings. The molecule has 110 valence electrons. The van der Waals surface area contributed by atoms with Crippen molar-refractivity contribution in [2.24, 2.45) is 5.41 Å². The van der Waals surface area contributed by atoms with Crippen molar-refractivity contribution < 1.29 is 17.6 Å². The highest BCUT2D eigenvalue weighted by molar-refractivity contribution is 8.13. The van der Waals surface area contributed by atoms with E-state index >= 15 is 0 Å². The fourth-order valence-electron chi connectivity index (χ4n) is 2.04. The number of aryl methyl sites for hydroxylation is 1. The molecule has 1 N–H and O–H groups in total. The largest absolute Gasteiger partial charge is 0.349 e. The lowest BCUT2D eigenvalue weighted by atomic mass is 10.1. The van der Waals surface area contributed by atoms with Gasteiger partial charge < -0.3 is 5.32 Å². The van der Waals surface area contributed by atoms with Gasteiger partial charge in [0.05, 0.1) is 10.5 Å². The van der Waals surface area contributed by atoms with Crippen molar-refractivity contribution in [1.82, 2.24) is 5.32 Å². The SMILES string of the molecule is Cc1cc(F)c(C(=O)NC2CC2(C)C)cc1S(=O)(=O)Cl. The third kappa shape index (κ3) is 2.96. The molecule has 0 aromatic heterocycles. The van der Waals surface area contributed by atoms with Gasteiger partial charge in [-0.15, -0.1) is 0 Å². The summed E-state index contributed by atoms with van der Waals surface area (Å²) >= 11 is 0. The van der Waals surface area contributed by atoms with E-state index in [1.165, 1.54) is 6.92 Å². The fraction of sp³-hybridized carbons (Fsp3) is 0.462. The number of carbonyl (C=O) groups excluding carboxylic acids is 1. The smallest absolute Gasteiger partial charge is 0.261 e. The number of amides is 1. The number of halogens is 2. The molecule has 1 aromatic carbocycles. The molecule has 0 heterocycles. The monoisotopic (exact) mass is 319 g/mol. The van der Waals surface area contributed by atoms with E-state index in [9.17, 15) is 17.6 Å². The Kier molecular flexibility index (Phi) is 3.59. The summed E-state index contributed by atoms with van der Waals surface area (Å²) in [6.07, 6.45) is 0.812. The van der Waals surface area contributed by atoms with Crippen LogP contribution >= 0.6 is 10.7 Å². The van der Waals surface area contributed by atoms with Crippen molar-refractivity contribution in [2.45, 2.75) is 38.1 Å². The lowest BCUT2D eigenvalue weighted by Crippen LogP contribution is -2.29. The molecule has 0 radical (unpaired) electrons. The van der Waals surface area contributed by atoms with Crippen LogP contribution in [0.15, 0.2) is 17.0 Å². The molecular formula is C13H15ClFNO3S. The molecule has 1 fully saturated rings. The molecule has 20 heavy (non-hydrogen) atoms. The number of carbonyl (C=O) groups is 1. The molecule has 0 bridgehead atoms. The second-order valence-electron chi connectivity index (χ2n) is 5.75. The highest BCUT2D eigenvalue weighted by Gasteiger charge is 2.46. The third-order valence-electron chi connectivity index (χ3n) is 3.59. The normalized spacial score (nSPS) is 20.6. The van der Waals surface area contributed by atoms with Crippen molar-refractivity contribution in [3.05, 3.63) is 29.1 Å². The van der Waals surface area contributed by atoms with Gasteiger partial charge in [-0.25, -0.2) is 12.8 Å². The summed E-state index contributed by atoms with van der Waals surface area (Å²) in [5.41, 5.74) is -0.142. The van der Waals surface area contributed by atoms with Crippen LogP contribution in [0.1, 0.15) is 36.2 Å². The lowest BCUT2D eigenvalue weighted by molar-refractivity contribution is 0.0942. The number of benzene rings is 1. The summed E-state index contributed by atoms with van der Waals surface area (Å²) in [5, 5.41) is 2.68. The van der Waals surface area contributed by atoms with Crippen LogP contribution in [0.25, 0.3) is 0 Å². The molecule has 0 spiro atoms. The van der Waals surface area contributed by atoms with Crippen molar-refractivity contribution in [1.29, 1.82) is 0 Å². The average Bonchev–Trinajstić information content (AvgIpc) is 2.83. The molecule has 1 unspecified atom stereocenters. The van der Waals surface area contributed by atoms with Crippen molar-refractivity contribution in [3.63, 3.8) is 0 Å². The van der Waals surface area contributed by atoms with Crippen molar-refractivity contribution in [3.8, 4) is 0 Å². The van der Waals surface area contributed by atoms with Gasteiger partial charge in [0.1, 0.15) is 5.82 Å². The first-order chi connectivity index (χ1) is 9.02. The van der Waals surface area contributed by atoms with E-state index < -0.39 is 20.8 Å². The minimum atomic E-state index is -4.02. The molecule has 2 rings (SSSR count). The predicted molar refractivity (Wildman–Crippen MR) is 73.8 cm³/mol. The Morgan fingerprint density at radius 3 is 2.45 bits per heavy atom. The topological polar surface area (TPSA) is 63.2 Å².